The molecule has 2 N–H and O–H groups in total. The van der Waals surface area contributed by atoms with E-state index in [4.69, 9.17) is 4.74 Å². The molecule has 0 saturated carbocycles. The van der Waals surface area contributed by atoms with Crippen LogP contribution in [0.4, 0.5) is 17.2 Å². The van der Waals surface area contributed by atoms with E-state index in [0.717, 1.165) is 16.9 Å². The molecule has 2 aromatic carbocycles. The summed E-state index contributed by atoms with van der Waals surface area (Å²) < 4.78 is 4.96. The van der Waals surface area contributed by atoms with Gasteiger partial charge in [-0.15, -0.1) is 0 Å². The number of aryl methyl sites for hydroxylation is 1. The molecule has 0 fully saturated rings. The second kappa shape index (κ2) is 8.81. The van der Waals surface area contributed by atoms with Crippen LogP contribution in [-0.2, 0) is 4.74 Å². The molecule has 142 valence electrons. The van der Waals surface area contributed by atoms with Crippen LogP contribution in [0.5, 0.6) is 0 Å². The van der Waals surface area contributed by atoms with Crippen LogP contribution in [0.1, 0.15) is 33.2 Å². The van der Waals surface area contributed by atoms with Crippen LogP contribution >= 0.6 is 0 Å². The van der Waals surface area contributed by atoms with E-state index >= 15 is 0 Å². The van der Waals surface area contributed by atoms with E-state index in [2.05, 4.69) is 15.6 Å². The largest absolute Gasteiger partial charge is 0.462 e. The molecule has 0 aliphatic carbocycles. The number of hydrogen-bond donors (Lipinski definition) is 2. The minimum absolute atomic E-state index is 0.219. The lowest BCUT2D eigenvalue weighted by Gasteiger charge is -2.08. The summed E-state index contributed by atoms with van der Waals surface area (Å²) in [7, 11) is 0. The number of nitrogens with zero attached hydrogens (tertiary/aromatic N) is 1. The predicted octanol–water partition coefficient (Wildman–Crippen LogP) is 4.56. The lowest BCUT2D eigenvalue weighted by atomic mass is 10.2. The van der Waals surface area contributed by atoms with E-state index < -0.39 is 0 Å². The molecule has 0 bridgehead atoms. The minimum Gasteiger partial charge on any atom is -0.462 e. The molecule has 0 saturated heterocycles. The average Bonchev–Trinajstić information content (AvgIpc) is 2.69. The third-order valence-electron chi connectivity index (χ3n) is 3.97. The minimum atomic E-state index is -0.351. The topological polar surface area (TPSA) is 80.3 Å². The number of anilines is 3. The standard InChI is InChI=1S/C22H21N3O3/c1-3-28-22(27)16-7-10-18(11-8-16)24-20-12-9-17(14-23-20)21(26)25-19-6-4-5-15(2)13-19/h4-14H,3H2,1-2H3,(H,23,24)(H,25,26). The van der Waals surface area contributed by atoms with Crippen molar-refractivity contribution < 1.29 is 14.3 Å². The van der Waals surface area contributed by atoms with E-state index in [9.17, 15) is 9.59 Å². The summed E-state index contributed by atoms with van der Waals surface area (Å²) in [5, 5.41) is 5.98. The normalized spacial score (nSPS) is 10.2. The molecule has 0 aliphatic rings. The molecule has 1 amide bonds. The Hall–Kier alpha value is -3.67. The summed E-state index contributed by atoms with van der Waals surface area (Å²) in [6.07, 6.45) is 1.51. The van der Waals surface area contributed by atoms with Gasteiger partial charge in [0, 0.05) is 17.6 Å². The summed E-state index contributed by atoms with van der Waals surface area (Å²) in [6.45, 7) is 4.08. The van der Waals surface area contributed by atoms with E-state index in [1.165, 1.54) is 6.20 Å². The van der Waals surface area contributed by atoms with E-state index in [-0.39, 0.29) is 11.9 Å². The summed E-state index contributed by atoms with van der Waals surface area (Å²) >= 11 is 0. The molecule has 6 nitrogen and oxygen atoms in total. The van der Waals surface area contributed by atoms with Crippen molar-refractivity contribution in [1.29, 1.82) is 0 Å². The SMILES string of the molecule is CCOC(=O)c1ccc(Nc2ccc(C(=O)Nc3cccc(C)c3)cn2)cc1. The molecule has 3 rings (SSSR count). The van der Waals surface area contributed by atoms with Gasteiger partial charge in [0.2, 0.25) is 0 Å². The summed E-state index contributed by atoms with van der Waals surface area (Å²) in [5.74, 6) is 0.0237. The average molecular weight is 375 g/mol. The molecule has 1 aromatic heterocycles. The number of esters is 1. The highest BCUT2D eigenvalue weighted by atomic mass is 16.5. The first-order valence-corrected chi connectivity index (χ1v) is 8.93. The molecule has 3 aromatic rings. The maximum atomic E-state index is 12.3. The highest BCUT2D eigenvalue weighted by Crippen LogP contribution is 2.17. The first kappa shape index (κ1) is 19.1. The number of ether oxygens (including phenoxy) is 1. The van der Waals surface area contributed by atoms with Gasteiger partial charge in [0.15, 0.2) is 0 Å². The number of carbonyl (C=O) groups excluding carboxylic acids is 2. The quantitative estimate of drug-likeness (QED) is 0.617. The number of rotatable bonds is 6. The molecule has 0 unspecified atom stereocenters. The van der Waals surface area contributed by atoms with Crippen LogP contribution in [0, 0.1) is 6.92 Å². The third-order valence-corrected chi connectivity index (χ3v) is 3.97. The Bertz CT molecular complexity index is 967. The lowest BCUT2D eigenvalue weighted by Crippen LogP contribution is -2.12. The lowest BCUT2D eigenvalue weighted by molar-refractivity contribution is 0.0526. The number of carbonyl (C=O) groups is 2. The fraction of sp³-hybridized carbons (Fsp3) is 0.136. The molecule has 0 aliphatic heterocycles. The maximum absolute atomic E-state index is 12.3. The van der Waals surface area contributed by atoms with Gasteiger partial charge < -0.3 is 15.4 Å². The van der Waals surface area contributed by atoms with Crippen molar-refractivity contribution in [3.8, 4) is 0 Å². The highest BCUT2D eigenvalue weighted by molar-refractivity contribution is 6.04. The van der Waals surface area contributed by atoms with Gasteiger partial charge in [-0.1, -0.05) is 12.1 Å². The molecular weight excluding hydrogens is 354 g/mol. The Labute approximate surface area is 163 Å². The Morgan fingerprint density at radius 2 is 1.71 bits per heavy atom. The van der Waals surface area contributed by atoms with Crippen molar-refractivity contribution in [3.05, 3.63) is 83.6 Å². The zero-order valence-corrected chi connectivity index (χ0v) is 15.7. The van der Waals surface area contributed by atoms with E-state index in [1.54, 1.807) is 43.3 Å². The van der Waals surface area contributed by atoms with Gasteiger partial charge in [0.1, 0.15) is 5.82 Å². The number of benzene rings is 2. The zero-order valence-electron chi connectivity index (χ0n) is 15.7. The van der Waals surface area contributed by atoms with Gasteiger partial charge in [0.25, 0.3) is 5.91 Å². The number of pyridine rings is 1. The van der Waals surface area contributed by atoms with Gasteiger partial charge in [-0.25, -0.2) is 9.78 Å². The van der Waals surface area contributed by atoms with Crippen LogP contribution in [0.25, 0.3) is 0 Å². The Morgan fingerprint density at radius 1 is 0.964 bits per heavy atom. The second-order valence-electron chi connectivity index (χ2n) is 6.18. The first-order valence-electron chi connectivity index (χ1n) is 8.93. The van der Waals surface area contributed by atoms with Crippen molar-refractivity contribution in [1.82, 2.24) is 4.98 Å². The van der Waals surface area contributed by atoms with Gasteiger partial charge >= 0.3 is 5.97 Å². The predicted molar refractivity (Wildman–Crippen MR) is 109 cm³/mol. The van der Waals surface area contributed by atoms with Crippen molar-refractivity contribution in [2.24, 2.45) is 0 Å². The Balaban J connectivity index is 1.62. The van der Waals surface area contributed by atoms with Crippen LogP contribution in [0.3, 0.4) is 0 Å². The number of hydrogen-bond acceptors (Lipinski definition) is 5. The second-order valence-corrected chi connectivity index (χ2v) is 6.18. The third kappa shape index (κ3) is 4.94. The molecule has 28 heavy (non-hydrogen) atoms. The molecule has 0 radical (unpaired) electrons. The first-order chi connectivity index (χ1) is 13.5. The number of amides is 1. The Morgan fingerprint density at radius 3 is 2.36 bits per heavy atom. The van der Waals surface area contributed by atoms with Crippen LogP contribution in [0.2, 0.25) is 0 Å². The fourth-order valence-electron chi connectivity index (χ4n) is 2.58. The fourth-order valence-corrected chi connectivity index (χ4v) is 2.58. The van der Waals surface area contributed by atoms with Gasteiger partial charge in [-0.05, 0) is 67.9 Å². The van der Waals surface area contributed by atoms with Crippen LogP contribution in [0.15, 0.2) is 66.9 Å². The van der Waals surface area contributed by atoms with Gasteiger partial charge in [-0.2, -0.15) is 0 Å². The molecule has 1 heterocycles. The highest BCUT2D eigenvalue weighted by Gasteiger charge is 2.08. The summed E-state index contributed by atoms with van der Waals surface area (Å²) in [4.78, 5) is 28.3. The van der Waals surface area contributed by atoms with E-state index in [1.807, 2.05) is 31.2 Å². The van der Waals surface area contributed by atoms with Crippen LogP contribution < -0.4 is 10.6 Å². The number of aromatic nitrogens is 1. The Kier molecular flexibility index (Phi) is 6.01. The van der Waals surface area contributed by atoms with Gasteiger partial charge in [0.05, 0.1) is 17.7 Å². The number of nitrogens with one attached hydrogen (secondary N) is 2. The zero-order chi connectivity index (χ0) is 19.9. The monoisotopic (exact) mass is 375 g/mol. The van der Waals surface area contributed by atoms with Gasteiger partial charge in [-0.3, -0.25) is 4.79 Å². The maximum Gasteiger partial charge on any atom is 0.338 e. The van der Waals surface area contributed by atoms with Crippen molar-refractivity contribution in [3.63, 3.8) is 0 Å². The summed E-state index contributed by atoms with van der Waals surface area (Å²) in [6, 6.07) is 17.9. The van der Waals surface area contributed by atoms with Crippen molar-refractivity contribution in [2.75, 3.05) is 17.2 Å². The van der Waals surface area contributed by atoms with Crippen LogP contribution in [-0.4, -0.2) is 23.5 Å². The molecule has 0 spiro atoms. The summed E-state index contributed by atoms with van der Waals surface area (Å²) in [5.41, 5.74) is 3.55. The molecule has 6 heteroatoms. The molecule has 0 atom stereocenters. The molecular formula is C22H21N3O3. The van der Waals surface area contributed by atoms with Crippen molar-refractivity contribution in [2.45, 2.75) is 13.8 Å². The van der Waals surface area contributed by atoms with Crippen molar-refractivity contribution >= 4 is 29.1 Å². The van der Waals surface area contributed by atoms with E-state index in [0.29, 0.717) is 23.6 Å². The smallest absolute Gasteiger partial charge is 0.338 e.